The van der Waals surface area contributed by atoms with Gasteiger partial charge in [-0.1, -0.05) is 19.1 Å². The quantitative estimate of drug-likeness (QED) is 0.805. The number of nitrogens with two attached hydrogens (primary N) is 1. The maximum absolute atomic E-state index is 5.78. The maximum atomic E-state index is 5.78. The van der Waals surface area contributed by atoms with Crippen molar-refractivity contribution in [2.45, 2.75) is 39.7 Å². The summed E-state index contributed by atoms with van der Waals surface area (Å²) < 4.78 is 5.78. The molecule has 0 aromatic heterocycles. The molecule has 0 bridgehead atoms. The van der Waals surface area contributed by atoms with Crippen LogP contribution in [-0.2, 0) is 12.8 Å². The van der Waals surface area contributed by atoms with Crippen molar-refractivity contribution in [3.63, 3.8) is 0 Å². The third-order valence-electron chi connectivity index (χ3n) is 2.32. The van der Waals surface area contributed by atoms with E-state index in [1.54, 1.807) is 0 Å². The van der Waals surface area contributed by atoms with E-state index in [0.29, 0.717) is 6.54 Å². The normalized spacial score (nSPS) is 10.7. The van der Waals surface area contributed by atoms with Gasteiger partial charge in [-0.2, -0.15) is 0 Å². The Bertz CT molecular complexity index is 307. The Hall–Kier alpha value is -1.02. The number of hydrogen-bond acceptors (Lipinski definition) is 2. The third kappa shape index (κ3) is 3.56. The Morgan fingerprint density at radius 2 is 2.07 bits per heavy atom. The van der Waals surface area contributed by atoms with Gasteiger partial charge >= 0.3 is 0 Å². The summed E-state index contributed by atoms with van der Waals surface area (Å²) in [4.78, 5) is 0. The van der Waals surface area contributed by atoms with E-state index < -0.39 is 0 Å². The van der Waals surface area contributed by atoms with Crippen LogP contribution in [0.4, 0.5) is 0 Å². The summed E-state index contributed by atoms with van der Waals surface area (Å²) in [5.74, 6) is 0.995. The van der Waals surface area contributed by atoms with Crippen LogP contribution >= 0.6 is 0 Å². The van der Waals surface area contributed by atoms with E-state index in [-0.39, 0.29) is 6.10 Å². The molecule has 84 valence electrons. The molecule has 0 aliphatic rings. The fourth-order valence-corrected chi connectivity index (χ4v) is 1.54. The van der Waals surface area contributed by atoms with Crippen LogP contribution in [0.15, 0.2) is 18.2 Å². The standard InChI is InChI=1S/C13H21NO/c1-4-11-5-6-12(7-8-14)13(9-11)15-10(2)3/h5-6,9-10H,4,7-8,14H2,1-3H3. The van der Waals surface area contributed by atoms with Gasteiger partial charge in [-0.05, 0) is 50.4 Å². The third-order valence-corrected chi connectivity index (χ3v) is 2.32. The molecule has 1 aromatic carbocycles. The molecular weight excluding hydrogens is 186 g/mol. The lowest BCUT2D eigenvalue weighted by Crippen LogP contribution is -2.10. The van der Waals surface area contributed by atoms with Gasteiger partial charge in [0, 0.05) is 0 Å². The summed E-state index contributed by atoms with van der Waals surface area (Å²) in [6, 6.07) is 6.41. The highest BCUT2D eigenvalue weighted by Crippen LogP contribution is 2.22. The van der Waals surface area contributed by atoms with E-state index >= 15 is 0 Å². The number of aryl methyl sites for hydroxylation is 1. The van der Waals surface area contributed by atoms with Gasteiger partial charge in [-0.15, -0.1) is 0 Å². The van der Waals surface area contributed by atoms with Crippen LogP contribution in [-0.4, -0.2) is 12.6 Å². The van der Waals surface area contributed by atoms with Crippen molar-refractivity contribution < 1.29 is 4.74 Å². The average Bonchev–Trinajstić information content (AvgIpc) is 2.20. The predicted molar refractivity (Wildman–Crippen MR) is 64.3 cm³/mol. The van der Waals surface area contributed by atoms with Crippen LogP contribution in [0.25, 0.3) is 0 Å². The molecule has 0 saturated carbocycles. The highest BCUT2D eigenvalue weighted by atomic mass is 16.5. The van der Waals surface area contributed by atoms with Crippen LogP contribution in [0.2, 0.25) is 0 Å². The molecule has 0 radical (unpaired) electrons. The zero-order chi connectivity index (χ0) is 11.3. The molecule has 0 unspecified atom stereocenters. The molecule has 1 rings (SSSR count). The molecule has 2 N–H and O–H groups in total. The van der Waals surface area contributed by atoms with Crippen molar-refractivity contribution in [2.24, 2.45) is 5.73 Å². The van der Waals surface area contributed by atoms with Gasteiger partial charge in [0.1, 0.15) is 5.75 Å². The molecule has 2 nitrogen and oxygen atoms in total. The molecule has 0 fully saturated rings. The van der Waals surface area contributed by atoms with E-state index in [0.717, 1.165) is 18.6 Å². The molecule has 0 spiro atoms. The van der Waals surface area contributed by atoms with Crippen LogP contribution < -0.4 is 10.5 Å². The molecule has 0 amide bonds. The Labute approximate surface area is 92.4 Å². The minimum absolute atomic E-state index is 0.216. The summed E-state index contributed by atoms with van der Waals surface area (Å²) in [5, 5.41) is 0. The monoisotopic (exact) mass is 207 g/mol. The van der Waals surface area contributed by atoms with Crippen molar-refractivity contribution in [1.82, 2.24) is 0 Å². The van der Waals surface area contributed by atoms with Gasteiger partial charge in [-0.3, -0.25) is 0 Å². The molecule has 15 heavy (non-hydrogen) atoms. The Morgan fingerprint density at radius 3 is 2.60 bits per heavy atom. The number of hydrogen-bond donors (Lipinski definition) is 1. The summed E-state index contributed by atoms with van der Waals surface area (Å²) in [6.07, 6.45) is 2.14. The Balaban J connectivity index is 2.93. The van der Waals surface area contributed by atoms with Crippen molar-refractivity contribution in [1.29, 1.82) is 0 Å². The number of benzene rings is 1. The van der Waals surface area contributed by atoms with Gasteiger partial charge < -0.3 is 10.5 Å². The highest BCUT2D eigenvalue weighted by molar-refractivity contribution is 5.38. The van der Waals surface area contributed by atoms with Crippen LogP contribution in [0.3, 0.4) is 0 Å². The van der Waals surface area contributed by atoms with E-state index in [9.17, 15) is 0 Å². The van der Waals surface area contributed by atoms with Gasteiger partial charge in [0.25, 0.3) is 0 Å². The van der Waals surface area contributed by atoms with Crippen LogP contribution in [0.1, 0.15) is 31.9 Å². The van der Waals surface area contributed by atoms with Crippen molar-refractivity contribution in [3.8, 4) is 5.75 Å². The van der Waals surface area contributed by atoms with Crippen molar-refractivity contribution in [2.75, 3.05) is 6.54 Å². The van der Waals surface area contributed by atoms with Crippen molar-refractivity contribution in [3.05, 3.63) is 29.3 Å². The predicted octanol–water partition coefficient (Wildman–Crippen LogP) is 2.54. The van der Waals surface area contributed by atoms with Gasteiger partial charge in [0.2, 0.25) is 0 Å². The maximum Gasteiger partial charge on any atom is 0.123 e. The lowest BCUT2D eigenvalue weighted by Gasteiger charge is -2.15. The second-order valence-electron chi connectivity index (χ2n) is 4.00. The second-order valence-corrected chi connectivity index (χ2v) is 4.00. The molecule has 0 aliphatic carbocycles. The fourth-order valence-electron chi connectivity index (χ4n) is 1.54. The molecular formula is C13H21NO. The first-order chi connectivity index (χ1) is 7.17. The SMILES string of the molecule is CCc1ccc(CCN)c(OC(C)C)c1. The minimum atomic E-state index is 0.216. The fraction of sp³-hybridized carbons (Fsp3) is 0.538. The minimum Gasteiger partial charge on any atom is -0.491 e. The largest absolute Gasteiger partial charge is 0.491 e. The number of ether oxygens (including phenoxy) is 1. The molecule has 0 saturated heterocycles. The molecule has 0 heterocycles. The molecule has 2 heteroatoms. The number of rotatable bonds is 5. The first kappa shape index (κ1) is 12.1. The molecule has 1 aromatic rings. The van der Waals surface area contributed by atoms with E-state index in [4.69, 9.17) is 10.5 Å². The lowest BCUT2D eigenvalue weighted by molar-refractivity contribution is 0.240. The van der Waals surface area contributed by atoms with E-state index in [1.807, 2.05) is 13.8 Å². The first-order valence-electron chi connectivity index (χ1n) is 5.66. The Morgan fingerprint density at radius 1 is 1.33 bits per heavy atom. The summed E-state index contributed by atoms with van der Waals surface area (Å²) >= 11 is 0. The lowest BCUT2D eigenvalue weighted by atomic mass is 10.1. The van der Waals surface area contributed by atoms with E-state index in [2.05, 4.69) is 25.1 Å². The van der Waals surface area contributed by atoms with Gasteiger partial charge in [0.05, 0.1) is 6.10 Å². The molecule has 0 aliphatic heterocycles. The zero-order valence-corrected chi connectivity index (χ0v) is 9.92. The van der Waals surface area contributed by atoms with Gasteiger partial charge in [-0.25, -0.2) is 0 Å². The summed E-state index contributed by atoms with van der Waals surface area (Å²) in [6.45, 7) is 6.91. The second kappa shape index (κ2) is 5.76. The molecule has 0 atom stereocenters. The smallest absolute Gasteiger partial charge is 0.123 e. The van der Waals surface area contributed by atoms with Crippen LogP contribution in [0.5, 0.6) is 5.75 Å². The van der Waals surface area contributed by atoms with Crippen LogP contribution in [0, 0.1) is 0 Å². The summed E-state index contributed by atoms with van der Waals surface area (Å²) in [7, 11) is 0. The van der Waals surface area contributed by atoms with E-state index in [1.165, 1.54) is 11.1 Å². The summed E-state index contributed by atoms with van der Waals surface area (Å²) in [5.41, 5.74) is 8.10. The zero-order valence-electron chi connectivity index (χ0n) is 9.92. The van der Waals surface area contributed by atoms with Crippen molar-refractivity contribution >= 4 is 0 Å². The highest BCUT2D eigenvalue weighted by Gasteiger charge is 2.05. The Kier molecular flexibility index (Phi) is 4.63. The van der Waals surface area contributed by atoms with Gasteiger partial charge in [0.15, 0.2) is 0 Å². The topological polar surface area (TPSA) is 35.2 Å². The first-order valence-corrected chi connectivity index (χ1v) is 5.66. The average molecular weight is 207 g/mol.